The van der Waals surface area contributed by atoms with Crippen molar-refractivity contribution in [3.63, 3.8) is 0 Å². The summed E-state index contributed by atoms with van der Waals surface area (Å²) in [4.78, 5) is 15.4. The molecule has 2 atom stereocenters. The highest BCUT2D eigenvalue weighted by Gasteiger charge is 2.30. The van der Waals surface area contributed by atoms with E-state index in [4.69, 9.17) is 0 Å². The number of benzene rings is 2. The van der Waals surface area contributed by atoms with Crippen LogP contribution < -0.4 is 5.32 Å². The SMILES string of the molecule is CN(C(=O)C(Sc1ccccc1F)c1ccccc1)C1CCNC1. The summed E-state index contributed by atoms with van der Waals surface area (Å²) < 4.78 is 14.1. The van der Waals surface area contributed by atoms with E-state index in [2.05, 4.69) is 5.32 Å². The predicted octanol–water partition coefficient (Wildman–Crippen LogP) is 3.48. The maximum absolute atomic E-state index is 14.1. The molecule has 126 valence electrons. The predicted molar refractivity (Wildman–Crippen MR) is 95.5 cm³/mol. The number of likely N-dealkylation sites (N-methyl/N-ethyl adjacent to an activating group) is 1. The molecule has 1 N–H and O–H groups in total. The van der Waals surface area contributed by atoms with E-state index in [-0.39, 0.29) is 17.8 Å². The number of carbonyl (C=O) groups excluding carboxylic acids is 1. The third kappa shape index (κ3) is 3.79. The average molecular weight is 344 g/mol. The molecule has 2 aromatic rings. The van der Waals surface area contributed by atoms with Gasteiger partial charge in [-0.25, -0.2) is 4.39 Å². The van der Waals surface area contributed by atoms with Gasteiger partial charge in [0, 0.05) is 24.5 Å². The Morgan fingerprint density at radius 2 is 1.92 bits per heavy atom. The lowest BCUT2D eigenvalue weighted by atomic mass is 10.1. The Hall–Kier alpha value is -1.85. The van der Waals surface area contributed by atoms with Gasteiger partial charge in [0.05, 0.1) is 0 Å². The molecule has 0 aromatic heterocycles. The molecule has 0 bridgehead atoms. The molecule has 3 rings (SSSR count). The fraction of sp³-hybridized carbons (Fsp3) is 0.316. The van der Waals surface area contributed by atoms with Gasteiger partial charge in [0.25, 0.3) is 0 Å². The van der Waals surface area contributed by atoms with Gasteiger partial charge in [-0.1, -0.05) is 42.5 Å². The number of nitrogens with one attached hydrogen (secondary N) is 1. The topological polar surface area (TPSA) is 32.3 Å². The lowest BCUT2D eigenvalue weighted by Gasteiger charge is -2.28. The summed E-state index contributed by atoms with van der Waals surface area (Å²) in [6, 6.07) is 16.4. The largest absolute Gasteiger partial charge is 0.340 e. The smallest absolute Gasteiger partial charge is 0.240 e. The average Bonchev–Trinajstić information content (AvgIpc) is 3.15. The second-order valence-corrected chi connectivity index (χ2v) is 7.08. The first kappa shape index (κ1) is 17.0. The highest BCUT2D eigenvalue weighted by atomic mass is 32.2. The molecule has 1 amide bonds. The van der Waals surface area contributed by atoms with Gasteiger partial charge in [-0.3, -0.25) is 4.79 Å². The van der Waals surface area contributed by atoms with Gasteiger partial charge in [0.2, 0.25) is 5.91 Å². The Bertz CT molecular complexity index is 689. The Morgan fingerprint density at radius 3 is 2.58 bits per heavy atom. The van der Waals surface area contributed by atoms with Gasteiger partial charge in [0.1, 0.15) is 11.1 Å². The number of nitrogens with zero attached hydrogens (tertiary/aromatic N) is 1. The Morgan fingerprint density at radius 1 is 1.21 bits per heavy atom. The van der Waals surface area contributed by atoms with E-state index in [0.29, 0.717) is 4.90 Å². The number of thioether (sulfide) groups is 1. The summed E-state index contributed by atoms with van der Waals surface area (Å²) in [6.07, 6.45) is 0.952. The molecule has 1 heterocycles. The number of halogens is 1. The van der Waals surface area contributed by atoms with Crippen molar-refractivity contribution in [1.29, 1.82) is 0 Å². The molecular formula is C19H21FN2OS. The van der Waals surface area contributed by atoms with Crippen molar-refractivity contribution >= 4 is 17.7 Å². The van der Waals surface area contributed by atoms with Crippen molar-refractivity contribution in [2.45, 2.75) is 22.6 Å². The van der Waals surface area contributed by atoms with Gasteiger partial charge >= 0.3 is 0 Å². The Labute approximate surface area is 146 Å². The second kappa shape index (κ2) is 7.81. The molecule has 0 aliphatic carbocycles. The van der Waals surface area contributed by atoms with Gasteiger partial charge < -0.3 is 10.2 Å². The summed E-state index contributed by atoms with van der Waals surface area (Å²) in [5.74, 6) is -0.274. The zero-order valence-electron chi connectivity index (χ0n) is 13.6. The van der Waals surface area contributed by atoms with E-state index in [9.17, 15) is 9.18 Å². The molecule has 2 unspecified atom stereocenters. The van der Waals surface area contributed by atoms with Crippen LogP contribution in [0.4, 0.5) is 4.39 Å². The molecular weight excluding hydrogens is 323 g/mol. The normalized spacial score (nSPS) is 18.3. The highest BCUT2D eigenvalue weighted by molar-refractivity contribution is 8.00. The quantitative estimate of drug-likeness (QED) is 0.843. The lowest BCUT2D eigenvalue weighted by molar-refractivity contribution is -0.131. The van der Waals surface area contributed by atoms with Gasteiger partial charge in [-0.15, -0.1) is 11.8 Å². The van der Waals surface area contributed by atoms with E-state index in [1.54, 1.807) is 18.2 Å². The van der Waals surface area contributed by atoms with Gasteiger partial charge in [-0.2, -0.15) is 0 Å². The summed E-state index contributed by atoms with van der Waals surface area (Å²) in [5.41, 5.74) is 0.897. The van der Waals surface area contributed by atoms with E-state index < -0.39 is 5.25 Å². The highest BCUT2D eigenvalue weighted by Crippen LogP contribution is 2.38. The monoisotopic (exact) mass is 344 g/mol. The fourth-order valence-electron chi connectivity index (χ4n) is 2.89. The fourth-order valence-corrected chi connectivity index (χ4v) is 4.04. The zero-order chi connectivity index (χ0) is 16.9. The van der Waals surface area contributed by atoms with Crippen LogP contribution in [0.15, 0.2) is 59.5 Å². The number of rotatable bonds is 5. The number of hydrogen-bond donors (Lipinski definition) is 1. The van der Waals surface area contributed by atoms with Crippen LogP contribution in [0.25, 0.3) is 0 Å². The number of amides is 1. The van der Waals surface area contributed by atoms with Crippen LogP contribution in [0.5, 0.6) is 0 Å². The van der Waals surface area contributed by atoms with Crippen LogP contribution in [0.3, 0.4) is 0 Å². The first-order valence-electron chi connectivity index (χ1n) is 8.10. The van der Waals surface area contributed by atoms with Crippen LogP contribution >= 0.6 is 11.8 Å². The summed E-state index contributed by atoms with van der Waals surface area (Å²) >= 11 is 1.28. The molecule has 1 aliphatic heterocycles. The summed E-state index contributed by atoms with van der Waals surface area (Å²) in [7, 11) is 1.85. The van der Waals surface area contributed by atoms with E-state index in [0.717, 1.165) is 25.1 Å². The van der Waals surface area contributed by atoms with Crippen molar-refractivity contribution < 1.29 is 9.18 Å². The van der Waals surface area contributed by atoms with Crippen molar-refractivity contribution in [3.05, 3.63) is 66.0 Å². The van der Waals surface area contributed by atoms with E-state index >= 15 is 0 Å². The summed E-state index contributed by atoms with van der Waals surface area (Å²) in [6.45, 7) is 1.74. The van der Waals surface area contributed by atoms with E-state index in [1.165, 1.54) is 17.8 Å². The molecule has 3 nitrogen and oxygen atoms in total. The Balaban J connectivity index is 1.87. The summed E-state index contributed by atoms with van der Waals surface area (Å²) in [5, 5.41) is 2.83. The first-order valence-corrected chi connectivity index (χ1v) is 8.98. The van der Waals surface area contributed by atoms with Crippen molar-refractivity contribution in [3.8, 4) is 0 Å². The Kier molecular flexibility index (Phi) is 5.53. The van der Waals surface area contributed by atoms with Gasteiger partial charge in [0.15, 0.2) is 0 Å². The van der Waals surface area contributed by atoms with Crippen molar-refractivity contribution in [2.24, 2.45) is 0 Å². The standard InChI is InChI=1S/C19H21FN2OS/c1-22(15-11-12-21-13-15)19(23)18(14-7-3-2-4-8-14)24-17-10-6-5-9-16(17)20/h2-10,15,18,21H,11-13H2,1H3. The molecule has 5 heteroatoms. The minimum absolute atomic E-state index is 0.0168. The van der Waals surface area contributed by atoms with Gasteiger partial charge in [-0.05, 0) is 30.7 Å². The maximum Gasteiger partial charge on any atom is 0.240 e. The zero-order valence-corrected chi connectivity index (χ0v) is 14.4. The maximum atomic E-state index is 14.1. The van der Waals surface area contributed by atoms with Crippen LogP contribution in [0.1, 0.15) is 17.2 Å². The first-order chi connectivity index (χ1) is 11.7. The molecule has 0 radical (unpaired) electrons. The number of hydrogen-bond acceptors (Lipinski definition) is 3. The molecule has 24 heavy (non-hydrogen) atoms. The molecule has 1 aliphatic rings. The number of carbonyl (C=O) groups is 1. The minimum atomic E-state index is -0.450. The molecule has 0 spiro atoms. The lowest BCUT2D eigenvalue weighted by Crippen LogP contribution is -2.40. The molecule has 1 fully saturated rings. The van der Waals surface area contributed by atoms with Crippen LogP contribution in [0.2, 0.25) is 0 Å². The van der Waals surface area contributed by atoms with Crippen molar-refractivity contribution in [2.75, 3.05) is 20.1 Å². The minimum Gasteiger partial charge on any atom is -0.340 e. The van der Waals surface area contributed by atoms with Crippen LogP contribution in [-0.4, -0.2) is 37.0 Å². The van der Waals surface area contributed by atoms with Crippen LogP contribution in [-0.2, 0) is 4.79 Å². The third-order valence-electron chi connectivity index (χ3n) is 4.34. The molecule has 1 saturated heterocycles. The third-order valence-corrected chi connectivity index (χ3v) is 5.63. The van der Waals surface area contributed by atoms with Crippen molar-refractivity contribution in [1.82, 2.24) is 10.2 Å². The molecule has 0 saturated carbocycles. The van der Waals surface area contributed by atoms with Crippen LogP contribution in [0, 0.1) is 5.82 Å². The molecule has 2 aromatic carbocycles. The second-order valence-electron chi connectivity index (χ2n) is 5.93. The van der Waals surface area contributed by atoms with E-state index in [1.807, 2.05) is 42.3 Å².